The van der Waals surface area contributed by atoms with Gasteiger partial charge < -0.3 is 14.9 Å². The largest absolute Gasteiger partial charge is 0.392 e. The number of aliphatic hydroxyl groups is 2. The minimum absolute atomic E-state index is 0.0497. The first kappa shape index (κ1) is 12.6. The molecule has 0 bridgehead atoms. The molecule has 3 rings (SSSR count). The zero-order valence-corrected chi connectivity index (χ0v) is 11.4. The van der Waals surface area contributed by atoms with Crippen LogP contribution in [0.25, 0.3) is 0 Å². The maximum absolute atomic E-state index is 10.4. The molecule has 3 aliphatic rings. The Balaban J connectivity index is 1.95. The first-order chi connectivity index (χ1) is 8.47. The molecule has 0 aromatic rings. The third kappa shape index (κ3) is 1.30. The lowest BCUT2D eigenvalue weighted by molar-refractivity contribution is -0.0325. The summed E-state index contributed by atoms with van der Waals surface area (Å²) in [6.07, 6.45) is 4.04. The van der Waals surface area contributed by atoms with Crippen LogP contribution in [-0.2, 0) is 4.74 Å². The van der Waals surface area contributed by atoms with Gasteiger partial charge in [0.2, 0.25) is 0 Å². The molecule has 0 radical (unpaired) electrons. The van der Waals surface area contributed by atoms with Crippen molar-refractivity contribution in [1.82, 2.24) is 0 Å². The van der Waals surface area contributed by atoms with Gasteiger partial charge in [-0.1, -0.05) is 33.3 Å². The number of rotatable bonds is 2. The maximum atomic E-state index is 10.4. The summed E-state index contributed by atoms with van der Waals surface area (Å²) in [7, 11) is 0. The highest BCUT2D eigenvalue weighted by atomic mass is 16.6. The molecular formula is C15H24O3. The Labute approximate surface area is 109 Å². The van der Waals surface area contributed by atoms with E-state index >= 15 is 0 Å². The fourth-order valence-electron chi connectivity index (χ4n) is 4.61. The van der Waals surface area contributed by atoms with Crippen LogP contribution in [0, 0.1) is 17.3 Å². The molecule has 2 aliphatic carbocycles. The molecule has 1 heterocycles. The molecule has 0 amide bonds. The minimum atomic E-state index is -0.647. The van der Waals surface area contributed by atoms with Crippen molar-refractivity contribution in [1.29, 1.82) is 0 Å². The first-order valence-electron chi connectivity index (χ1n) is 7.13. The van der Waals surface area contributed by atoms with E-state index in [9.17, 15) is 10.2 Å². The van der Waals surface area contributed by atoms with Gasteiger partial charge in [0.15, 0.2) is 0 Å². The molecule has 3 fully saturated rings. The normalized spacial score (nSPS) is 54.4. The Morgan fingerprint density at radius 1 is 1.44 bits per heavy atom. The number of hydrogen-bond acceptors (Lipinski definition) is 3. The molecule has 2 saturated carbocycles. The molecule has 0 aromatic heterocycles. The van der Waals surface area contributed by atoms with Crippen LogP contribution in [0.3, 0.4) is 0 Å². The minimum Gasteiger partial charge on any atom is -0.392 e. The lowest BCUT2D eigenvalue weighted by Crippen LogP contribution is -2.54. The van der Waals surface area contributed by atoms with Crippen molar-refractivity contribution in [3.05, 3.63) is 12.2 Å². The molecular weight excluding hydrogens is 228 g/mol. The van der Waals surface area contributed by atoms with Crippen LogP contribution in [0.5, 0.6) is 0 Å². The van der Waals surface area contributed by atoms with Crippen molar-refractivity contribution in [3.63, 3.8) is 0 Å². The van der Waals surface area contributed by atoms with Crippen LogP contribution in [0.4, 0.5) is 0 Å². The number of ether oxygens (including phenoxy) is 1. The monoisotopic (exact) mass is 252 g/mol. The smallest absolute Gasteiger partial charge is 0.144 e. The number of fused-ring (bicyclic) bond motifs is 3. The van der Waals surface area contributed by atoms with Gasteiger partial charge in [-0.3, -0.25) is 0 Å². The van der Waals surface area contributed by atoms with Gasteiger partial charge in [0, 0.05) is 5.41 Å². The number of aliphatic hydroxyl groups excluding tert-OH is 2. The van der Waals surface area contributed by atoms with E-state index in [1.807, 2.05) is 0 Å². The van der Waals surface area contributed by atoms with Crippen LogP contribution in [-0.4, -0.2) is 34.6 Å². The lowest BCUT2D eigenvalue weighted by Gasteiger charge is -2.50. The van der Waals surface area contributed by atoms with Gasteiger partial charge in [-0.25, -0.2) is 0 Å². The Morgan fingerprint density at radius 3 is 2.83 bits per heavy atom. The van der Waals surface area contributed by atoms with E-state index in [0.717, 1.165) is 6.42 Å². The van der Waals surface area contributed by atoms with Crippen LogP contribution >= 0.6 is 0 Å². The van der Waals surface area contributed by atoms with Gasteiger partial charge in [-0.05, 0) is 30.3 Å². The van der Waals surface area contributed by atoms with Crippen LogP contribution in [0.15, 0.2) is 12.2 Å². The zero-order chi connectivity index (χ0) is 13.1. The van der Waals surface area contributed by atoms with Crippen molar-refractivity contribution in [2.75, 3.05) is 6.61 Å². The summed E-state index contributed by atoms with van der Waals surface area (Å²) >= 11 is 0. The Kier molecular flexibility index (Phi) is 2.68. The first-order valence-corrected chi connectivity index (χ1v) is 7.13. The van der Waals surface area contributed by atoms with E-state index in [-0.39, 0.29) is 18.1 Å². The third-order valence-electron chi connectivity index (χ3n) is 6.09. The fraction of sp³-hybridized carbons (Fsp3) is 0.867. The molecule has 1 aliphatic heterocycles. The number of epoxide rings is 1. The topological polar surface area (TPSA) is 53.0 Å². The van der Waals surface area contributed by atoms with E-state index in [2.05, 4.69) is 20.4 Å². The zero-order valence-electron chi connectivity index (χ0n) is 11.4. The van der Waals surface area contributed by atoms with Crippen LogP contribution in [0.2, 0.25) is 0 Å². The molecule has 2 N–H and O–H groups in total. The molecule has 18 heavy (non-hydrogen) atoms. The third-order valence-corrected chi connectivity index (χ3v) is 6.09. The molecule has 6 unspecified atom stereocenters. The van der Waals surface area contributed by atoms with Gasteiger partial charge in [-0.2, -0.15) is 0 Å². The lowest BCUT2D eigenvalue weighted by atomic mass is 9.53. The predicted molar refractivity (Wildman–Crippen MR) is 69.1 cm³/mol. The van der Waals surface area contributed by atoms with Crippen molar-refractivity contribution in [2.45, 2.75) is 57.3 Å². The predicted octanol–water partition coefficient (Wildman–Crippen LogP) is 1.88. The van der Waals surface area contributed by atoms with Crippen LogP contribution in [0.1, 0.15) is 39.5 Å². The summed E-state index contributed by atoms with van der Waals surface area (Å²) in [6, 6.07) is 0. The summed E-state index contributed by atoms with van der Waals surface area (Å²) < 4.78 is 5.96. The van der Waals surface area contributed by atoms with E-state index in [1.165, 1.54) is 19.3 Å². The van der Waals surface area contributed by atoms with Crippen molar-refractivity contribution in [2.24, 2.45) is 17.3 Å². The Hall–Kier alpha value is -0.380. The highest BCUT2D eigenvalue weighted by Gasteiger charge is 2.74. The summed E-state index contributed by atoms with van der Waals surface area (Å²) in [5, 5.41) is 19.8. The molecule has 6 atom stereocenters. The van der Waals surface area contributed by atoms with Gasteiger partial charge in [0.25, 0.3) is 0 Å². The molecule has 3 heteroatoms. The second-order valence-electron chi connectivity index (χ2n) is 6.70. The maximum Gasteiger partial charge on any atom is 0.144 e. The number of hydrogen-bond donors (Lipinski definition) is 2. The van der Waals surface area contributed by atoms with Crippen LogP contribution < -0.4 is 0 Å². The summed E-state index contributed by atoms with van der Waals surface area (Å²) in [5.74, 6) is 1.16. The van der Waals surface area contributed by atoms with E-state index in [4.69, 9.17) is 4.74 Å². The van der Waals surface area contributed by atoms with Gasteiger partial charge in [0.05, 0.1) is 12.7 Å². The SMILES string of the molecule is C=C(CO)C12OC1C1(C)C(C)CCCC1CC2O. The highest BCUT2D eigenvalue weighted by molar-refractivity contribution is 5.34. The van der Waals surface area contributed by atoms with E-state index in [1.54, 1.807) is 0 Å². The van der Waals surface area contributed by atoms with Gasteiger partial charge >= 0.3 is 0 Å². The van der Waals surface area contributed by atoms with Crippen molar-refractivity contribution in [3.8, 4) is 0 Å². The molecule has 0 spiro atoms. The summed E-state index contributed by atoms with van der Waals surface area (Å²) in [4.78, 5) is 0. The Bertz CT molecular complexity index is 380. The molecule has 3 nitrogen and oxygen atoms in total. The second kappa shape index (κ2) is 3.81. The quantitative estimate of drug-likeness (QED) is 0.583. The molecule has 1 saturated heterocycles. The second-order valence-corrected chi connectivity index (χ2v) is 6.70. The van der Waals surface area contributed by atoms with E-state index in [0.29, 0.717) is 17.4 Å². The Morgan fingerprint density at radius 2 is 2.17 bits per heavy atom. The van der Waals surface area contributed by atoms with E-state index < -0.39 is 11.7 Å². The van der Waals surface area contributed by atoms with Gasteiger partial charge in [-0.15, -0.1) is 0 Å². The summed E-state index contributed by atoms with van der Waals surface area (Å²) in [5.41, 5.74) is 0.138. The molecule has 102 valence electrons. The van der Waals surface area contributed by atoms with Crippen molar-refractivity contribution >= 4 is 0 Å². The standard InChI is InChI=1S/C15H24O3/c1-9-5-4-6-11-7-12(17)15(10(2)8-16)13(18-15)14(9,11)3/h9,11-13,16-17H,2,4-8H2,1,3H3. The summed E-state index contributed by atoms with van der Waals surface area (Å²) in [6.45, 7) is 8.44. The fourth-order valence-corrected chi connectivity index (χ4v) is 4.61. The molecule has 0 aromatic carbocycles. The van der Waals surface area contributed by atoms with Gasteiger partial charge in [0.1, 0.15) is 11.7 Å². The highest BCUT2D eigenvalue weighted by Crippen LogP contribution is 2.66. The average Bonchev–Trinajstić information content (AvgIpc) is 3.11. The van der Waals surface area contributed by atoms with Crippen molar-refractivity contribution < 1.29 is 14.9 Å². The average molecular weight is 252 g/mol.